The molecule has 0 saturated heterocycles. The van der Waals surface area contributed by atoms with E-state index in [1.807, 2.05) is 30.3 Å². The highest BCUT2D eigenvalue weighted by atomic mass is 16.4. The minimum Gasteiger partial charge on any atom is -0.478 e. The fraction of sp³-hybridized carbons (Fsp3) is 0.158. The van der Waals surface area contributed by atoms with Crippen LogP contribution in [-0.2, 0) is 0 Å². The fourth-order valence-corrected chi connectivity index (χ4v) is 2.56. The number of carboxylic acids is 1. The number of nitrogens with zero attached hydrogens (tertiary/aromatic N) is 1. The van der Waals surface area contributed by atoms with Crippen molar-refractivity contribution in [1.29, 1.82) is 0 Å². The summed E-state index contributed by atoms with van der Waals surface area (Å²) < 4.78 is 0. The van der Waals surface area contributed by atoms with Crippen molar-refractivity contribution in [3.8, 4) is 11.3 Å². The number of benzene rings is 2. The van der Waals surface area contributed by atoms with Gasteiger partial charge in [0.1, 0.15) is 0 Å². The number of anilines is 1. The van der Waals surface area contributed by atoms with Crippen molar-refractivity contribution in [2.45, 2.75) is 6.10 Å². The number of aliphatic hydroxyl groups is 2. The molecule has 0 amide bonds. The van der Waals surface area contributed by atoms with E-state index in [0.717, 1.165) is 11.3 Å². The number of para-hydroxylation sites is 1. The van der Waals surface area contributed by atoms with E-state index in [1.54, 1.807) is 24.3 Å². The van der Waals surface area contributed by atoms with Crippen molar-refractivity contribution in [1.82, 2.24) is 4.98 Å². The van der Waals surface area contributed by atoms with Crippen molar-refractivity contribution in [3.05, 3.63) is 60.2 Å². The molecule has 0 bridgehead atoms. The first-order valence-electron chi connectivity index (χ1n) is 7.85. The lowest BCUT2D eigenvalue weighted by molar-refractivity contribution is 0.0699. The Morgan fingerprint density at radius 3 is 2.52 bits per heavy atom. The Kier molecular flexibility index (Phi) is 4.92. The molecule has 25 heavy (non-hydrogen) atoms. The van der Waals surface area contributed by atoms with Crippen LogP contribution in [0.5, 0.6) is 0 Å². The Labute approximate surface area is 144 Å². The van der Waals surface area contributed by atoms with Gasteiger partial charge in [0.25, 0.3) is 0 Å². The summed E-state index contributed by atoms with van der Waals surface area (Å²) in [5.41, 5.74) is 3.01. The molecule has 0 aliphatic carbocycles. The summed E-state index contributed by atoms with van der Waals surface area (Å²) in [6, 6.07) is 16.0. The van der Waals surface area contributed by atoms with Gasteiger partial charge < -0.3 is 20.6 Å². The van der Waals surface area contributed by atoms with E-state index < -0.39 is 12.1 Å². The van der Waals surface area contributed by atoms with Crippen LogP contribution in [0.3, 0.4) is 0 Å². The number of hydrogen-bond acceptors (Lipinski definition) is 5. The normalized spacial score (nSPS) is 12.1. The van der Waals surface area contributed by atoms with Crippen LogP contribution in [0.25, 0.3) is 22.2 Å². The Morgan fingerprint density at radius 1 is 1.12 bits per heavy atom. The third kappa shape index (κ3) is 3.76. The molecule has 1 heterocycles. The monoisotopic (exact) mass is 338 g/mol. The molecule has 0 saturated carbocycles. The van der Waals surface area contributed by atoms with Crippen LogP contribution in [0.1, 0.15) is 10.4 Å². The summed E-state index contributed by atoms with van der Waals surface area (Å²) in [6.07, 6.45) is -0.819. The van der Waals surface area contributed by atoms with E-state index in [2.05, 4.69) is 10.3 Å². The smallest absolute Gasteiger partial charge is 0.336 e. The van der Waals surface area contributed by atoms with E-state index >= 15 is 0 Å². The lowest BCUT2D eigenvalue weighted by atomic mass is 10.0. The van der Waals surface area contributed by atoms with Gasteiger partial charge in [-0.05, 0) is 24.3 Å². The van der Waals surface area contributed by atoms with Crippen LogP contribution in [0, 0.1) is 0 Å². The Balaban J connectivity index is 1.92. The molecular formula is C19H18N2O4. The maximum atomic E-state index is 11.5. The number of rotatable bonds is 6. The highest BCUT2D eigenvalue weighted by Crippen LogP contribution is 2.26. The van der Waals surface area contributed by atoms with Gasteiger partial charge in [0, 0.05) is 23.2 Å². The van der Waals surface area contributed by atoms with E-state index in [1.165, 1.54) is 0 Å². The topological polar surface area (TPSA) is 103 Å². The molecule has 4 N–H and O–H groups in total. The number of carbonyl (C=O) groups is 1. The maximum absolute atomic E-state index is 11.5. The minimum atomic E-state index is -0.990. The lowest BCUT2D eigenvalue weighted by Gasteiger charge is -2.11. The van der Waals surface area contributed by atoms with Gasteiger partial charge in [0.15, 0.2) is 0 Å². The molecule has 1 atom stereocenters. The highest BCUT2D eigenvalue weighted by molar-refractivity contribution is 6.03. The molecule has 3 aromatic rings. The van der Waals surface area contributed by atoms with Crippen molar-refractivity contribution in [2.75, 3.05) is 18.5 Å². The van der Waals surface area contributed by atoms with Gasteiger partial charge in [0.05, 0.1) is 29.5 Å². The highest BCUT2D eigenvalue weighted by Gasteiger charge is 2.12. The second-order valence-electron chi connectivity index (χ2n) is 5.67. The third-order valence-electron chi connectivity index (χ3n) is 3.88. The average molecular weight is 338 g/mol. The molecule has 6 heteroatoms. The molecule has 0 fully saturated rings. The fourth-order valence-electron chi connectivity index (χ4n) is 2.56. The van der Waals surface area contributed by atoms with Crippen LogP contribution >= 0.6 is 0 Å². The second-order valence-corrected chi connectivity index (χ2v) is 5.67. The summed E-state index contributed by atoms with van der Waals surface area (Å²) in [5.74, 6) is -0.990. The van der Waals surface area contributed by atoms with Crippen LogP contribution < -0.4 is 5.32 Å². The summed E-state index contributed by atoms with van der Waals surface area (Å²) in [5, 5.41) is 31.3. The van der Waals surface area contributed by atoms with Crippen molar-refractivity contribution in [3.63, 3.8) is 0 Å². The molecule has 1 unspecified atom stereocenters. The Morgan fingerprint density at radius 2 is 1.84 bits per heavy atom. The van der Waals surface area contributed by atoms with Gasteiger partial charge in [-0.15, -0.1) is 0 Å². The summed E-state index contributed by atoms with van der Waals surface area (Å²) in [6.45, 7) is -0.0582. The van der Waals surface area contributed by atoms with Crippen molar-refractivity contribution < 1.29 is 20.1 Å². The molecule has 0 aliphatic heterocycles. The Hall–Kier alpha value is -2.96. The Bertz CT molecular complexity index is 894. The van der Waals surface area contributed by atoms with Crippen molar-refractivity contribution >= 4 is 22.6 Å². The van der Waals surface area contributed by atoms with Crippen LogP contribution in [0.4, 0.5) is 5.69 Å². The zero-order valence-corrected chi connectivity index (χ0v) is 13.4. The SMILES string of the molecule is O=C(O)c1cc(-c2ccc(NCC(O)CO)cc2)nc2ccccc12. The molecule has 6 nitrogen and oxygen atoms in total. The molecular weight excluding hydrogens is 320 g/mol. The second kappa shape index (κ2) is 7.29. The van der Waals surface area contributed by atoms with E-state index in [-0.39, 0.29) is 18.7 Å². The molecule has 128 valence electrons. The van der Waals surface area contributed by atoms with Crippen LogP contribution in [0.2, 0.25) is 0 Å². The largest absolute Gasteiger partial charge is 0.478 e. The summed E-state index contributed by atoms with van der Waals surface area (Å²) >= 11 is 0. The number of aromatic carboxylic acids is 1. The van der Waals surface area contributed by atoms with Gasteiger partial charge >= 0.3 is 5.97 Å². The number of pyridine rings is 1. The van der Waals surface area contributed by atoms with Gasteiger partial charge in [0.2, 0.25) is 0 Å². The number of aliphatic hydroxyl groups excluding tert-OH is 2. The molecule has 2 aromatic carbocycles. The van der Waals surface area contributed by atoms with Crippen molar-refractivity contribution in [2.24, 2.45) is 0 Å². The predicted octanol–water partition coefficient (Wildman–Crippen LogP) is 2.37. The molecule has 0 radical (unpaired) electrons. The van der Waals surface area contributed by atoms with E-state index in [9.17, 15) is 15.0 Å². The first-order chi connectivity index (χ1) is 12.1. The maximum Gasteiger partial charge on any atom is 0.336 e. The zero-order chi connectivity index (χ0) is 17.8. The molecule has 0 spiro atoms. The lowest BCUT2D eigenvalue weighted by Crippen LogP contribution is -2.22. The van der Waals surface area contributed by atoms with Crippen LogP contribution in [-0.4, -0.2) is 45.5 Å². The number of aromatic nitrogens is 1. The summed E-state index contributed by atoms with van der Waals surface area (Å²) in [7, 11) is 0. The van der Waals surface area contributed by atoms with E-state index in [0.29, 0.717) is 16.6 Å². The zero-order valence-electron chi connectivity index (χ0n) is 13.4. The molecule has 0 aliphatic rings. The van der Waals surface area contributed by atoms with Gasteiger partial charge in [-0.2, -0.15) is 0 Å². The molecule has 3 rings (SSSR count). The third-order valence-corrected chi connectivity index (χ3v) is 3.88. The first kappa shape index (κ1) is 16.9. The quantitative estimate of drug-likeness (QED) is 0.550. The van der Waals surface area contributed by atoms with Crippen LogP contribution in [0.15, 0.2) is 54.6 Å². The minimum absolute atomic E-state index is 0.217. The standard InChI is InChI=1S/C19H18N2O4/c22-11-14(23)10-20-13-7-5-12(6-8-13)18-9-16(19(24)25)15-3-1-2-4-17(15)21-18/h1-9,14,20,22-23H,10-11H2,(H,24,25). The van der Waals surface area contributed by atoms with Gasteiger partial charge in [-0.3, -0.25) is 0 Å². The van der Waals surface area contributed by atoms with E-state index in [4.69, 9.17) is 5.11 Å². The predicted molar refractivity (Wildman–Crippen MR) is 95.7 cm³/mol. The number of hydrogen-bond donors (Lipinski definition) is 4. The number of nitrogens with one attached hydrogen (secondary N) is 1. The molecule has 1 aromatic heterocycles. The van der Waals surface area contributed by atoms with Gasteiger partial charge in [-0.25, -0.2) is 9.78 Å². The first-order valence-corrected chi connectivity index (χ1v) is 7.85. The number of fused-ring (bicyclic) bond motifs is 1. The number of carboxylic acid groups (broad SMARTS) is 1. The average Bonchev–Trinajstić information content (AvgIpc) is 2.65. The summed E-state index contributed by atoms with van der Waals surface area (Å²) in [4.78, 5) is 16.1. The van der Waals surface area contributed by atoms with Gasteiger partial charge in [-0.1, -0.05) is 30.3 Å².